The van der Waals surface area contributed by atoms with E-state index < -0.39 is 0 Å². The van der Waals surface area contributed by atoms with Gasteiger partial charge in [0.25, 0.3) is 0 Å². The molecule has 2 atom stereocenters. The number of nitrogens with one attached hydrogen (secondary N) is 1. The third kappa shape index (κ3) is 3.58. The summed E-state index contributed by atoms with van der Waals surface area (Å²) in [5.41, 5.74) is 2.91. The Kier molecular flexibility index (Phi) is 4.98. The van der Waals surface area contributed by atoms with Gasteiger partial charge in [0.05, 0.1) is 12.1 Å². The number of aromatic nitrogens is 1. The van der Waals surface area contributed by atoms with Crippen molar-refractivity contribution in [2.24, 2.45) is 0 Å². The molecule has 1 aliphatic carbocycles. The molecular weight excluding hydrogens is 380 g/mol. The fourth-order valence-corrected chi connectivity index (χ4v) is 4.79. The zero-order chi connectivity index (χ0) is 20.7. The number of carbonyl (C=O) groups excluding carboxylic acids is 1. The van der Waals surface area contributed by atoms with Crippen LogP contribution in [0.1, 0.15) is 61.6 Å². The van der Waals surface area contributed by atoms with Crippen LogP contribution in [0.2, 0.25) is 0 Å². The Morgan fingerprint density at radius 2 is 2.10 bits per heavy atom. The van der Waals surface area contributed by atoms with Gasteiger partial charge < -0.3 is 14.7 Å². The lowest BCUT2D eigenvalue weighted by Gasteiger charge is -2.34. The zero-order valence-corrected chi connectivity index (χ0v) is 17.3. The first-order valence-corrected chi connectivity index (χ1v) is 10.7. The number of hydroxylamine groups is 2. The maximum absolute atomic E-state index is 13.0. The molecule has 30 heavy (non-hydrogen) atoms. The van der Waals surface area contributed by atoms with Crippen molar-refractivity contribution in [3.8, 4) is 0 Å². The normalized spacial score (nSPS) is 27.8. The summed E-state index contributed by atoms with van der Waals surface area (Å²) in [5, 5.41) is 9.27. The van der Waals surface area contributed by atoms with E-state index in [2.05, 4.69) is 17.1 Å². The van der Waals surface area contributed by atoms with E-state index in [1.807, 2.05) is 48.2 Å². The van der Waals surface area contributed by atoms with E-state index in [0.29, 0.717) is 25.1 Å². The molecule has 3 aliphatic rings. The monoisotopic (exact) mass is 408 g/mol. The Hall–Kier alpha value is -2.80. The summed E-state index contributed by atoms with van der Waals surface area (Å²) in [4.78, 5) is 20.8. The highest BCUT2D eigenvalue weighted by Gasteiger charge is 2.47. The van der Waals surface area contributed by atoms with Gasteiger partial charge in [-0.05, 0) is 38.2 Å². The molecule has 2 aliphatic heterocycles. The third-order valence-electron chi connectivity index (χ3n) is 6.41. The molecule has 2 bridgehead atoms. The second-order valence-electron chi connectivity index (χ2n) is 8.71. The minimum atomic E-state index is -0.0719. The number of benzene rings is 1. The molecule has 2 amide bonds. The minimum Gasteiger partial charge on any atom is -0.386 e. The van der Waals surface area contributed by atoms with Crippen LogP contribution in [-0.2, 0) is 11.4 Å². The van der Waals surface area contributed by atoms with Crippen LogP contribution < -0.4 is 5.32 Å². The van der Waals surface area contributed by atoms with E-state index in [9.17, 15) is 4.79 Å². The number of urea groups is 1. The quantitative estimate of drug-likeness (QED) is 0.746. The molecule has 7 heteroatoms. The Morgan fingerprint density at radius 3 is 2.87 bits per heavy atom. The van der Waals surface area contributed by atoms with Gasteiger partial charge in [0, 0.05) is 30.3 Å². The van der Waals surface area contributed by atoms with E-state index in [-0.39, 0.29) is 18.1 Å². The Labute approximate surface area is 176 Å². The summed E-state index contributed by atoms with van der Waals surface area (Å²) in [7, 11) is 0. The topological polar surface area (TPSA) is 70.8 Å². The van der Waals surface area contributed by atoms with E-state index in [4.69, 9.17) is 9.36 Å². The van der Waals surface area contributed by atoms with Crippen molar-refractivity contribution in [3.05, 3.63) is 65.7 Å². The Bertz CT molecular complexity index is 922. The molecule has 5 rings (SSSR count). The van der Waals surface area contributed by atoms with Gasteiger partial charge >= 0.3 is 6.03 Å². The van der Waals surface area contributed by atoms with Gasteiger partial charge in [0.2, 0.25) is 0 Å². The van der Waals surface area contributed by atoms with Crippen LogP contribution in [0.3, 0.4) is 0 Å². The van der Waals surface area contributed by atoms with Gasteiger partial charge in [-0.2, -0.15) is 5.06 Å². The number of piperidine rings is 1. The lowest BCUT2D eigenvalue weighted by Crippen LogP contribution is -2.38. The first kappa shape index (κ1) is 19.2. The molecule has 0 unspecified atom stereocenters. The van der Waals surface area contributed by atoms with Gasteiger partial charge in [-0.25, -0.2) is 4.79 Å². The minimum absolute atomic E-state index is 0.0407. The predicted molar refractivity (Wildman–Crippen MR) is 111 cm³/mol. The number of hydrogen-bond donors (Lipinski definition) is 1. The Morgan fingerprint density at radius 1 is 1.30 bits per heavy atom. The van der Waals surface area contributed by atoms with Crippen LogP contribution in [0.25, 0.3) is 0 Å². The number of rotatable bonds is 7. The van der Waals surface area contributed by atoms with Crippen molar-refractivity contribution in [2.75, 3.05) is 6.54 Å². The van der Waals surface area contributed by atoms with Crippen LogP contribution >= 0.6 is 0 Å². The van der Waals surface area contributed by atoms with Gasteiger partial charge in [-0.15, -0.1) is 0 Å². The molecule has 3 fully saturated rings. The lowest BCUT2D eigenvalue weighted by atomic mass is 9.78. The SMILES string of the molecule is C=C(C)NC1CC(c2cc([C@@H]3CC[C@@H]4CN3C(=O)N4OCc3ccccc3)no2)C1. The van der Waals surface area contributed by atoms with E-state index >= 15 is 0 Å². The third-order valence-corrected chi connectivity index (χ3v) is 6.41. The smallest absolute Gasteiger partial charge is 0.344 e. The second-order valence-corrected chi connectivity index (χ2v) is 8.71. The molecule has 1 aromatic carbocycles. The van der Waals surface area contributed by atoms with Crippen molar-refractivity contribution < 1.29 is 14.2 Å². The van der Waals surface area contributed by atoms with Gasteiger partial charge in [-0.1, -0.05) is 42.1 Å². The number of nitrogens with zero attached hydrogens (tertiary/aromatic N) is 3. The molecule has 3 heterocycles. The summed E-state index contributed by atoms with van der Waals surface area (Å²) in [5.74, 6) is 1.31. The summed E-state index contributed by atoms with van der Waals surface area (Å²) in [6.07, 6.45) is 3.83. The van der Waals surface area contributed by atoms with Crippen LogP contribution in [0.4, 0.5) is 4.79 Å². The second kappa shape index (κ2) is 7.80. The van der Waals surface area contributed by atoms with Gasteiger partial charge in [0.15, 0.2) is 0 Å². The highest BCUT2D eigenvalue weighted by Crippen LogP contribution is 2.41. The number of carbonyl (C=O) groups is 1. The maximum atomic E-state index is 13.0. The average Bonchev–Trinajstić information content (AvgIpc) is 3.28. The van der Waals surface area contributed by atoms with Crippen LogP contribution in [0, 0.1) is 0 Å². The number of fused-ring (bicyclic) bond motifs is 2. The lowest BCUT2D eigenvalue weighted by molar-refractivity contribution is -0.140. The molecule has 1 aromatic heterocycles. The fraction of sp³-hybridized carbons (Fsp3) is 0.478. The Balaban J connectivity index is 1.21. The number of allylic oxidation sites excluding steroid dienone is 1. The van der Waals surface area contributed by atoms with E-state index in [1.165, 1.54) is 0 Å². The van der Waals surface area contributed by atoms with E-state index in [0.717, 1.165) is 48.4 Å². The van der Waals surface area contributed by atoms with Gasteiger partial charge in [-0.3, -0.25) is 4.84 Å². The molecule has 2 saturated heterocycles. The molecule has 1 saturated carbocycles. The van der Waals surface area contributed by atoms with E-state index in [1.54, 1.807) is 5.06 Å². The van der Waals surface area contributed by atoms with Crippen molar-refractivity contribution in [1.82, 2.24) is 20.4 Å². The standard InChI is InChI=1S/C23H28N4O3/c1-15(2)24-18-10-17(11-18)22-12-20(25-30-22)21-9-8-19-13-26(21)23(28)27(19)29-14-16-6-4-3-5-7-16/h3-7,12,17-19,21,24H,1,8-11,13-14H2,2H3/t17?,18?,19-,21+/m1/s1. The van der Waals surface area contributed by atoms with Crippen molar-refractivity contribution in [3.63, 3.8) is 0 Å². The summed E-state index contributed by atoms with van der Waals surface area (Å²) in [6, 6.07) is 12.4. The number of hydrogen-bond acceptors (Lipinski definition) is 5. The van der Waals surface area contributed by atoms with Gasteiger partial charge in [0.1, 0.15) is 18.1 Å². The molecule has 7 nitrogen and oxygen atoms in total. The predicted octanol–water partition coefficient (Wildman–Crippen LogP) is 4.12. The van der Waals surface area contributed by atoms with Crippen LogP contribution in [-0.4, -0.2) is 39.8 Å². The molecule has 0 radical (unpaired) electrons. The molecule has 1 N–H and O–H groups in total. The number of amides is 2. The first-order chi connectivity index (χ1) is 14.6. The zero-order valence-electron chi connectivity index (χ0n) is 17.3. The molecule has 158 valence electrons. The highest BCUT2D eigenvalue weighted by molar-refractivity contribution is 5.77. The molecular formula is C23H28N4O3. The highest BCUT2D eigenvalue weighted by atomic mass is 16.7. The summed E-state index contributed by atoms with van der Waals surface area (Å²) >= 11 is 0. The molecule has 2 aromatic rings. The molecule has 0 spiro atoms. The van der Waals surface area contributed by atoms with Crippen molar-refractivity contribution in [1.29, 1.82) is 0 Å². The fourth-order valence-electron chi connectivity index (χ4n) is 4.79. The summed E-state index contributed by atoms with van der Waals surface area (Å²) < 4.78 is 5.67. The largest absolute Gasteiger partial charge is 0.386 e. The summed E-state index contributed by atoms with van der Waals surface area (Å²) in [6.45, 7) is 6.96. The van der Waals surface area contributed by atoms with Crippen molar-refractivity contribution in [2.45, 2.75) is 63.3 Å². The van der Waals surface area contributed by atoms with Crippen LogP contribution in [0.15, 0.2) is 53.2 Å². The first-order valence-electron chi connectivity index (χ1n) is 10.7. The van der Waals surface area contributed by atoms with Crippen molar-refractivity contribution >= 4 is 6.03 Å². The average molecular weight is 409 g/mol. The maximum Gasteiger partial charge on any atom is 0.344 e. The van der Waals surface area contributed by atoms with Crippen LogP contribution in [0.5, 0.6) is 0 Å².